The van der Waals surface area contributed by atoms with Gasteiger partial charge in [-0.1, -0.05) is 29.4 Å². The number of rotatable bonds is 6. The molecule has 124 valence electrons. The first kappa shape index (κ1) is 16.2. The van der Waals surface area contributed by atoms with Crippen molar-refractivity contribution in [1.82, 2.24) is 9.46 Å². The summed E-state index contributed by atoms with van der Waals surface area (Å²) in [7, 11) is -3.60. The number of nitrogens with zero attached hydrogens (tertiary/aromatic N) is 2. The third kappa shape index (κ3) is 3.46. The van der Waals surface area contributed by atoms with Crippen molar-refractivity contribution in [2.24, 2.45) is 0 Å². The van der Waals surface area contributed by atoms with E-state index >= 15 is 0 Å². The number of aliphatic hydroxyl groups excluding tert-OH is 1. The fourth-order valence-corrected chi connectivity index (χ4v) is 4.85. The van der Waals surface area contributed by atoms with E-state index in [1.165, 1.54) is 16.1 Å². The van der Waals surface area contributed by atoms with E-state index in [9.17, 15) is 13.5 Å². The molecule has 0 radical (unpaired) electrons. The molecule has 0 fully saturated rings. The van der Waals surface area contributed by atoms with E-state index in [0.29, 0.717) is 5.69 Å². The Morgan fingerprint density at radius 3 is 2.87 bits per heavy atom. The predicted molar refractivity (Wildman–Crippen MR) is 85.0 cm³/mol. The minimum atomic E-state index is -3.60. The molecule has 3 rings (SSSR count). The van der Waals surface area contributed by atoms with E-state index in [1.807, 2.05) is 24.3 Å². The van der Waals surface area contributed by atoms with Gasteiger partial charge in [-0.15, -0.1) is 0 Å². The zero-order chi connectivity index (χ0) is 16.3. The molecule has 1 aliphatic rings. The van der Waals surface area contributed by atoms with Crippen LogP contribution in [0.4, 0.5) is 0 Å². The van der Waals surface area contributed by atoms with Crippen molar-refractivity contribution in [2.45, 2.75) is 31.1 Å². The molecule has 0 spiro atoms. The van der Waals surface area contributed by atoms with Crippen LogP contribution in [-0.4, -0.2) is 36.1 Å². The topological polar surface area (TPSA) is 83.6 Å². The Morgan fingerprint density at radius 1 is 1.30 bits per heavy atom. The number of aryl methyl sites for hydroxylation is 1. The van der Waals surface area contributed by atoms with Gasteiger partial charge in [0.2, 0.25) is 10.0 Å². The van der Waals surface area contributed by atoms with Gasteiger partial charge in [0.1, 0.15) is 12.0 Å². The third-order valence-corrected chi connectivity index (χ3v) is 6.00. The summed E-state index contributed by atoms with van der Waals surface area (Å²) in [6, 6.07) is 9.24. The molecule has 1 atom stereocenters. The first-order valence-corrected chi connectivity index (χ1v) is 9.30. The smallest absolute Gasteiger partial charge is 0.220 e. The molecule has 6 nitrogen and oxygen atoms in total. The number of aliphatic hydroxyl groups is 1. The molecule has 1 aromatic carbocycles. The Bertz CT molecular complexity index is 743. The molecule has 0 saturated heterocycles. The summed E-state index contributed by atoms with van der Waals surface area (Å²) in [5.74, 6) is -0.220. The first-order valence-electron chi connectivity index (χ1n) is 7.69. The van der Waals surface area contributed by atoms with Gasteiger partial charge in [-0.3, -0.25) is 0 Å². The standard InChI is InChI=1S/C16H20N2O4S/c19-10-9-18(23(20,21)12-14-8-11-22-17-14)16-7-3-5-13-4-1-2-6-15(13)16/h1-2,4,6,8,11,16,19H,3,5,7,9-10,12H2/t16-/m1/s1. The molecule has 0 bridgehead atoms. The minimum absolute atomic E-state index is 0.0825. The summed E-state index contributed by atoms with van der Waals surface area (Å²) >= 11 is 0. The van der Waals surface area contributed by atoms with Gasteiger partial charge in [-0.2, -0.15) is 4.31 Å². The van der Waals surface area contributed by atoms with Crippen molar-refractivity contribution in [3.8, 4) is 0 Å². The van der Waals surface area contributed by atoms with Crippen molar-refractivity contribution < 1.29 is 18.0 Å². The molecule has 0 saturated carbocycles. The maximum Gasteiger partial charge on any atom is 0.220 e. The number of sulfonamides is 1. The highest BCUT2D eigenvalue weighted by Gasteiger charge is 2.33. The highest BCUT2D eigenvalue weighted by Crippen LogP contribution is 2.36. The van der Waals surface area contributed by atoms with Crippen LogP contribution in [0.25, 0.3) is 0 Å². The number of benzene rings is 1. The van der Waals surface area contributed by atoms with E-state index in [2.05, 4.69) is 5.16 Å². The third-order valence-electron chi connectivity index (χ3n) is 4.18. The van der Waals surface area contributed by atoms with E-state index in [1.54, 1.807) is 6.07 Å². The molecule has 1 aliphatic carbocycles. The van der Waals surface area contributed by atoms with E-state index in [4.69, 9.17) is 4.52 Å². The molecular formula is C16H20N2O4S. The molecule has 1 aromatic heterocycles. The number of aromatic nitrogens is 1. The Balaban J connectivity index is 1.93. The van der Waals surface area contributed by atoms with Crippen LogP contribution < -0.4 is 0 Å². The van der Waals surface area contributed by atoms with Gasteiger partial charge in [0, 0.05) is 12.6 Å². The van der Waals surface area contributed by atoms with Gasteiger partial charge in [0.25, 0.3) is 0 Å². The lowest BCUT2D eigenvalue weighted by molar-refractivity contribution is 0.215. The molecule has 7 heteroatoms. The maximum absolute atomic E-state index is 12.8. The zero-order valence-electron chi connectivity index (χ0n) is 12.8. The summed E-state index contributed by atoms with van der Waals surface area (Å²) in [5, 5.41) is 13.1. The van der Waals surface area contributed by atoms with Crippen LogP contribution in [0, 0.1) is 0 Å². The maximum atomic E-state index is 12.8. The van der Waals surface area contributed by atoms with Crippen LogP contribution in [0.3, 0.4) is 0 Å². The Hall–Kier alpha value is -1.70. The van der Waals surface area contributed by atoms with Gasteiger partial charge in [-0.05, 0) is 30.4 Å². The van der Waals surface area contributed by atoms with Crippen molar-refractivity contribution in [3.63, 3.8) is 0 Å². The second kappa shape index (κ2) is 6.82. The first-order chi connectivity index (χ1) is 11.1. The van der Waals surface area contributed by atoms with E-state index < -0.39 is 10.0 Å². The van der Waals surface area contributed by atoms with Gasteiger partial charge < -0.3 is 9.63 Å². The number of hydrogen-bond donors (Lipinski definition) is 1. The van der Waals surface area contributed by atoms with Crippen LogP contribution in [0.1, 0.15) is 35.7 Å². The molecule has 0 unspecified atom stereocenters. The summed E-state index contributed by atoms with van der Waals surface area (Å²) in [6.07, 6.45) is 4.01. The summed E-state index contributed by atoms with van der Waals surface area (Å²) in [5.41, 5.74) is 2.59. The van der Waals surface area contributed by atoms with Crippen LogP contribution in [0.5, 0.6) is 0 Å². The van der Waals surface area contributed by atoms with Crippen LogP contribution in [-0.2, 0) is 22.2 Å². The quantitative estimate of drug-likeness (QED) is 0.871. The van der Waals surface area contributed by atoms with Crippen molar-refractivity contribution >= 4 is 10.0 Å². The summed E-state index contributed by atoms with van der Waals surface area (Å²) in [4.78, 5) is 0. The van der Waals surface area contributed by atoms with Gasteiger partial charge in [0.15, 0.2) is 0 Å². The average Bonchev–Trinajstić information content (AvgIpc) is 3.04. The molecule has 2 aromatic rings. The zero-order valence-corrected chi connectivity index (χ0v) is 13.6. The Kier molecular flexibility index (Phi) is 4.79. The van der Waals surface area contributed by atoms with Crippen molar-refractivity contribution in [3.05, 3.63) is 53.4 Å². The van der Waals surface area contributed by atoms with Crippen LogP contribution in [0.15, 0.2) is 41.1 Å². The Labute approximate surface area is 135 Å². The molecule has 0 amide bonds. The fourth-order valence-electron chi connectivity index (χ4n) is 3.20. The lowest BCUT2D eigenvalue weighted by Gasteiger charge is -2.34. The summed E-state index contributed by atoms with van der Waals surface area (Å²) in [6.45, 7) is -0.129. The molecule has 1 N–H and O–H groups in total. The second-order valence-electron chi connectivity index (χ2n) is 5.69. The van der Waals surface area contributed by atoms with Gasteiger partial charge in [0.05, 0.1) is 18.3 Å². The minimum Gasteiger partial charge on any atom is -0.395 e. The summed E-state index contributed by atoms with van der Waals surface area (Å²) < 4.78 is 31.8. The highest BCUT2D eigenvalue weighted by molar-refractivity contribution is 7.88. The van der Waals surface area contributed by atoms with Crippen LogP contribution >= 0.6 is 0 Å². The lowest BCUT2D eigenvalue weighted by atomic mass is 9.88. The van der Waals surface area contributed by atoms with Crippen LogP contribution in [0.2, 0.25) is 0 Å². The monoisotopic (exact) mass is 336 g/mol. The molecular weight excluding hydrogens is 316 g/mol. The highest BCUT2D eigenvalue weighted by atomic mass is 32.2. The molecule has 0 aliphatic heterocycles. The predicted octanol–water partition coefficient (Wildman–Crippen LogP) is 1.88. The average molecular weight is 336 g/mol. The lowest BCUT2D eigenvalue weighted by Crippen LogP contribution is -2.39. The van der Waals surface area contributed by atoms with E-state index in [-0.39, 0.29) is 24.9 Å². The van der Waals surface area contributed by atoms with E-state index in [0.717, 1.165) is 24.8 Å². The fraction of sp³-hybridized carbons (Fsp3) is 0.438. The van der Waals surface area contributed by atoms with Gasteiger partial charge in [-0.25, -0.2) is 8.42 Å². The number of fused-ring (bicyclic) bond motifs is 1. The van der Waals surface area contributed by atoms with Crippen molar-refractivity contribution in [2.75, 3.05) is 13.2 Å². The van der Waals surface area contributed by atoms with Crippen molar-refractivity contribution in [1.29, 1.82) is 0 Å². The van der Waals surface area contributed by atoms with Gasteiger partial charge >= 0.3 is 0 Å². The number of hydrogen-bond acceptors (Lipinski definition) is 5. The second-order valence-corrected chi connectivity index (χ2v) is 7.61. The normalized spacial score (nSPS) is 18.1. The molecule has 1 heterocycles. The SMILES string of the molecule is O=S(=O)(Cc1ccon1)N(CCO)[C@@H]1CCCc2ccccc21. The Morgan fingerprint density at radius 2 is 2.13 bits per heavy atom. The largest absolute Gasteiger partial charge is 0.395 e. The molecule has 23 heavy (non-hydrogen) atoms.